The maximum absolute atomic E-state index is 11.9. The smallest absolute Gasteiger partial charge is 0.267 e. The quantitative estimate of drug-likeness (QED) is 0.941. The Hall–Kier alpha value is -1.63. The number of aromatic amines is 1. The van der Waals surface area contributed by atoms with Crippen LogP contribution in [0.1, 0.15) is 0 Å². The van der Waals surface area contributed by atoms with Crippen LogP contribution in [0.25, 0.3) is 11.3 Å². The SMILES string of the molecule is CN(C)S(=O)(=O)c1ccc(-c2ccc(Cl)c(=O)[nH]2)cc1. The highest BCUT2D eigenvalue weighted by molar-refractivity contribution is 7.89. The normalized spacial score (nSPS) is 11.8. The van der Waals surface area contributed by atoms with Crippen LogP contribution < -0.4 is 5.56 Å². The van der Waals surface area contributed by atoms with E-state index in [9.17, 15) is 13.2 Å². The summed E-state index contributed by atoms with van der Waals surface area (Å²) in [5.74, 6) is 0. The molecule has 1 aromatic heterocycles. The van der Waals surface area contributed by atoms with Crippen molar-refractivity contribution in [2.75, 3.05) is 14.1 Å². The lowest BCUT2D eigenvalue weighted by Gasteiger charge is -2.11. The summed E-state index contributed by atoms with van der Waals surface area (Å²) in [6.07, 6.45) is 0. The van der Waals surface area contributed by atoms with E-state index < -0.39 is 10.0 Å². The van der Waals surface area contributed by atoms with Crippen LogP contribution >= 0.6 is 11.6 Å². The van der Waals surface area contributed by atoms with Crippen LogP contribution in [0, 0.1) is 0 Å². The number of halogens is 1. The molecule has 7 heteroatoms. The van der Waals surface area contributed by atoms with Gasteiger partial charge in [0.1, 0.15) is 5.02 Å². The molecule has 0 spiro atoms. The van der Waals surface area contributed by atoms with E-state index in [1.807, 2.05) is 0 Å². The second-order valence-electron chi connectivity index (χ2n) is 4.36. The molecule has 0 aliphatic heterocycles. The fourth-order valence-electron chi connectivity index (χ4n) is 1.64. The van der Waals surface area contributed by atoms with E-state index >= 15 is 0 Å². The summed E-state index contributed by atoms with van der Waals surface area (Å²) < 4.78 is 25.0. The van der Waals surface area contributed by atoms with Gasteiger partial charge in [0, 0.05) is 19.8 Å². The largest absolute Gasteiger partial charge is 0.321 e. The molecule has 0 aliphatic carbocycles. The number of pyridine rings is 1. The summed E-state index contributed by atoms with van der Waals surface area (Å²) in [6, 6.07) is 9.43. The van der Waals surface area contributed by atoms with E-state index in [2.05, 4.69) is 4.98 Å². The third kappa shape index (κ3) is 2.77. The van der Waals surface area contributed by atoms with Gasteiger partial charge in [-0.25, -0.2) is 12.7 Å². The molecule has 1 aromatic carbocycles. The maximum Gasteiger partial charge on any atom is 0.267 e. The van der Waals surface area contributed by atoms with Gasteiger partial charge >= 0.3 is 0 Å². The molecule has 0 aliphatic rings. The van der Waals surface area contributed by atoms with Crippen molar-refractivity contribution in [1.82, 2.24) is 9.29 Å². The summed E-state index contributed by atoms with van der Waals surface area (Å²) in [7, 11) is -0.506. The van der Waals surface area contributed by atoms with Gasteiger partial charge in [-0.3, -0.25) is 4.79 Å². The Balaban J connectivity index is 2.43. The van der Waals surface area contributed by atoms with Gasteiger partial charge < -0.3 is 4.98 Å². The van der Waals surface area contributed by atoms with Crippen LogP contribution in [-0.2, 0) is 10.0 Å². The lowest BCUT2D eigenvalue weighted by atomic mass is 10.1. The predicted molar refractivity (Wildman–Crippen MR) is 78.4 cm³/mol. The number of hydrogen-bond donors (Lipinski definition) is 1. The second-order valence-corrected chi connectivity index (χ2v) is 6.92. The van der Waals surface area contributed by atoms with Crippen LogP contribution in [0.2, 0.25) is 5.02 Å². The molecule has 0 radical (unpaired) electrons. The van der Waals surface area contributed by atoms with Gasteiger partial charge in [-0.05, 0) is 29.8 Å². The fraction of sp³-hybridized carbons (Fsp3) is 0.154. The van der Waals surface area contributed by atoms with Gasteiger partial charge in [-0.2, -0.15) is 0 Å². The summed E-state index contributed by atoms with van der Waals surface area (Å²) in [5.41, 5.74) is 0.902. The first-order chi connectivity index (χ1) is 9.32. The highest BCUT2D eigenvalue weighted by Crippen LogP contribution is 2.20. The summed E-state index contributed by atoms with van der Waals surface area (Å²) >= 11 is 5.66. The van der Waals surface area contributed by atoms with E-state index in [-0.39, 0.29) is 15.5 Å². The number of rotatable bonds is 3. The Morgan fingerprint density at radius 3 is 2.15 bits per heavy atom. The first-order valence-corrected chi connectivity index (χ1v) is 7.56. The molecule has 2 rings (SSSR count). The summed E-state index contributed by atoms with van der Waals surface area (Å²) in [4.78, 5) is 14.3. The van der Waals surface area contributed by atoms with E-state index in [0.717, 1.165) is 4.31 Å². The lowest BCUT2D eigenvalue weighted by molar-refractivity contribution is 0.521. The summed E-state index contributed by atoms with van der Waals surface area (Å²) in [6.45, 7) is 0. The van der Waals surface area contributed by atoms with Crippen LogP contribution in [0.5, 0.6) is 0 Å². The number of H-pyrrole nitrogens is 1. The number of benzene rings is 1. The topological polar surface area (TPSA) is 70.2 Å². The fourth-order valence-corrected chi connectivity index (χ4v) is 2.65. The molecule has 0 saturated heterocycles. The van der Waals surface area contributed by atoms with Gasteiger partial charge in [0.2, 0.25) is 10.0 Å². The second kappa shape index (κ2) is 5.40. The maximum atomic E-state index is 11.9. The average Bonchev–Trinajstić information content (AvgIpc) is 2.42. The van der Waals surface area contributed by atoms with Gasteiger partial charge in [0.25, 0.3) is 5.56 Å². The van der Waals surface area contributed by atoms with Gasteiger partial charge in [0.15, 0.2) is 0 Å². The van der Waals surface area contributed by atoms with E-state index in [0.29, 0.717) is 11.3 Å². The van der Waals surface area contributed by atoms with Crippen LogP contribution in [0.3, 0.4) is 0 Å². The Bertz CT molecular complexity index is 780. The molecule has 1 N–H and O–H groups in total. The third-order valence-corrected chi connectivity index (χ3v) is 4.93. The predicted octanol–water partition coefficient (Wildman–Crippen LogP) is 1.95. The van der Waals surface area contributed by atoms with Crippen LogP contribution in [0.4, 0.5) is 0 Å². The zero-order valence-electron chi connectivity index (χ0n) is 10.9. The molecule has 0 saturated carbocycles. The molecule has 2 aromatic rings. The molecule has 0 bridgehead atoms. The molecular weight excluding hydrogens is 300 g/mol. The first kappa shape index (κ1) is 14.8. The molecule has 0 unspecified atom stereocenters. The Morgan fingerprint density at radius 2 is 1.65 bits per heavy atom. The number of nitrogens with zero attached hydrogens (tertiary/aromatic N) is 1. The standard InChI is InChI=1S/C13H13ClN2O3S/c1-16(2)20(18,19)10-5-3-9(4-6-10)12-8-7-11(14)13(17)15-12/h3-8H,1-2H3,(H,15,17). The molecule has 0 atom stereocenters. The van der Waals surface area contributed by atoms with E-state index in [1.165, 1.54) is 32.3 Å². The lowest BCUT2D eigenvalue weighted by Crippen LogP contribution is -2.22. The number of sulfonamides is 1. The van der Waals surface area contributed by atoms with Gasteiger partial charge in [-0.15, -0.1) is 0 Å². The molecule has 1 heterocycles. The zero-order chi connectivity index (χ0) is 14.9. The minimum atomic E-state index is -3.45. The van der Waals surface area contributed by atoms with Crippen LogP contribution in [-0.4, -0.2) is 31.8 Å². The third-order valence-electron chi connectivity index (χ3n) is 2.81. The van der Waals surface area contributed by atoms with Crippen molar-refractivity contribution in [3.8, 4) is 11.3 Å². The van der Waals surface area contributed by atoms with Crippen molar-refractivity contribution >= 4 is 21.6 Å². The molecule has 20 heavy (non-hydrogen) atoms. The summed E-state index contributed by atoms with van der Waals surface area (Å²) in [5, 5.41) is 0.112. The number of aromatic nitrogens is 1. The first-order valence-electron chi connectivity index (χ1n) is 5.74. The van der Waals surface area contributed by atoms with Crippen LogP contribution in [0.15, 0.2) is 46.1 Å². The Labute approximate surface area is 121 Å². The monoisotopic (exact) mass is 312 g/mol. The minimum Gasteiger partial charge on any atom is -0.321 e. The minimum absolute atomic E-state index is 0.112. The molecule has 0 amide bonds. The number of hydrogen-bond acceptors (Lipinski definition) is 3. The van der Waals surface area contributed by atoms with Crippen molar-refractivity contribution in [3.05, 3.63) is 51.8 Å². The van der Waals surface area contributed by atoms with E-state index in [1.54, 1.807) is 18.2 Å². The average molecular weight is 313 g/mol. The Kier molecular flexibility index (Phi) is 3.99. The molecular formula is C13H13ClN2O3S. The molecule has 5 nitrogen and oxygen atoms in total. The van der Waals surface area contributed by atoms with Crippen molar-refractivity contribution in [3.63, 3.8) is 0 Å². The zero-order valence-corrected chi connectivity index (χ0v) is 12.5. The van der Waals surface area contributed by atoms with Crippen molar-refractivity contribution < 1.29 is 8.42 Å². The Morgan fingerprint density at radius 1 is 1.05 bits per heavy atom. The molecule has 106 valence electrons. The highest BCUT2D eigenvalue weighted by atomic mass is 35.5. The molecule has 0 fully saturated rings. The van der Waals surface area contributed by atoms with Crippen molar-refractivity contribution in [2.24, 2.45) is 0 Å². The van der Waals surface area contributed by atoms with Crippen molar-refractivity contribution in [2.45, 2.75) is 4.90 Å². The van der Waals surface area contributed by atoms with Gasteiger partial charge in [-0.1, -0.05) is 23.7 Å². The van der Waals surface area contributed by atoms with Crippen molar-refractivity contribution in [1.29, 1.82) is 0 Å². The highest BCUT2D eigenvalue weighted by Gasteiger charge is 2.16. The van der Waals surface area contributed by atoms with E-state index in [4.69, 9.17) is 11.6 Å². The number of nitrogens with one attached hydrogen (secondary N) is 1. The van der Waals surface area contributed by atoms with Gasteiger partial charge in [0.05, 0.1) is 4.90 Å².